The van der Waals surface area contributed by atoms with Gasteiger partial charge in [-0.1, -0.05) is 0 Å². The number of nitrogens with one attached hydrogen (secondary N) is 1. The first-order chi connectivity index (χ1) is 9.19. The fourth-order valence-corrected chi connectivity index (χ4v) is 2.11. The summed E-state index contributed by atoms with van der Waals surface area (Å²) in [7, 11) is 1.55. The molecule has 0 aliphatic heterocycles. The number of nitrogens with zero attached hydrogens (tertiary/aromatic N) is 4. The Kier molecular flexibility index (Phi) is 2.79. The van der Waals surface area contributed by atoms with Crippen LogP contribution in [0.1, 0.15) is 11.7 Å². The number of H-pyrrole nitrogens is 1. The van der Waals surface area contributed by atoms with Crippen molar-refractivity contribution in [1.29, 1.82) is 0 Å². The van der Waals surface area contributed by atoms with E-state index in [4.69, 9.17) is 21.4 Å². The van der Waals surface area contributed by atoms with E-state index in [9.17, 15) is 0 Å². The highest BCUT2D eigenvalue weighted by molar-refractivity contribution is 7.71. The summed E-state index contributed by atoms with van der Waals surface area (Å²) in [6.07, 6.45) is 3.10. The average Bonchev–Trinajstić information content (AvgIpc) is 2.94. The maximum absolute atomic E-state index is 5.45. The molecule has 0 amide bonds. The zero-order valence-electron chi connectivity index (χ0n) is 10.4. The molecular formula is C11H11N5O2S. The molecule has 8 heteroatoms. The second-order valence-electron chi connectivity index (χ2n) is 3.96. The predicted molar refractivity (Wildman–Crippen MR) is 69.6 cm³/mol. The summed E-state index contributed by atoms with van der Waals surface area (Å²) in [6.45, 7) is 2.25. The number of hydrogen-bond donors (Lipinski definition) is 1. The van der Waals surface area contributed by atoms with Gasteiger partial charge in [-0.05, 0) is 19.1 Å². The van der Waals surface area contributed by atoms with Gasteiger partial charge in [-0.2, -0.15) is 4.98 Å². The van der Waals surface area contributed by atoms with E-state index >= 15 is 0 Å². The van der Waals surface area contributed by atoms with Crippen LogP contribution in [-0.2, 0) is 6.54 Å². The van der Waals surface area contributed by atoms with Gasteiger partial charge in [0.1, 0.15) is 24.1 Å². The molecular weight excluding hydrogens is 266 g/mol. The van der Waals surface area contributed by atoms with Crippen molar-refractivity contribution in [2.24, 2.45) is 0 Å². The van der Waals surface area contributed by atoms with Crippen molar-refractivity contribution in [3.63, 3.8) is 0 Å². The molecule has 0 bridgehead atoms. The number of rotatable bonds is 3. The monoisotopic (exact) mass is 277 g/mol. The number of aromatic amines is 1. The van der Waals surface area contributed by atoms with Crippen molar-refractivity contribution in [3.8, 4) is 5.88 Å². The summed E-state index contributed by atoms with van der Waals surface area (Å²) in [6, 6.07) is 0. The van der Waals surface area contributed by atoms with Crippen LogP contribution in [0.15, 0.2) is 16.9 Å². The van der Waals surface area contributed by atoms with Gasteiger partial charge in [0.25, 0.3) is 0 Å². The quantitative estimate of drug-likeness (QED) is 0.736. The molecule has 7 nitrogen and oxygen atoms in total. The number of fused-ring (bicyclic) bond motifs is 1. The molecule has 0 saturated carbocycles. The number of aryl methyl sites for hydroxylation is 1. The fourth-order valence-electron chi connectivity index (χ4n) is 1.86. The number of ether oxygens (including phenoxy) is 1. The van der Waals surface area contributed by atoms with Crippen molar-refractivity contribution < 1.29 is 9.15 Å². The van der Waals surface area contributed by atoms with Crippen LogP contribution >= 0.6 is 12.2 Å². The summed E-state index contributed by atoms with van der Waals surface area (Å²) in [5, 5.41) is 0. The summed E-state index contributed by atoms with van der Waals surface area (Å²) in [5.41, 5.74) is 1.32. The van der Waals surface area contributed by atoms with Gasteiger partial charge in [-0.25, -0.2) is 9.97 Å². The van der Waals surface area contributed by atoms with E-state index < -0.39 is 0 Å². The Hall–Kier alpha value is -2.22. The van der Waals surface area contributed by atoms with Crippen molar-refractivity contribution in [3.05, 3.63) is 28.9 Å². The molecule has 3 heterocycles. The van der Waals surface area contributed by atoms with E-state index in [0.29, 0.717) is 34.3 Å². The molecule has 0 radical (unpaired) electrons. The maximum Gasteiger partial charge on any atom is 0.242 e. The molecule has 0 saturated heterocycles. The molecule has 3 aromatic heterocycles. The minimum absolute atomic E-state index is 0.410. The lowest BCUT2D eigenvalue weighted by molar-refractivity contribution is 0.401. The Morgan fingerprint density at radius 3 is 2.95 bits per heavy atom. The van der Waals surface area contributed by atoms with Crippen LogP contribution in [0.25, 0.3) is 11.2 Å². The van der Waals surface area contributed by atoms with Gasteiger partial charge in [0.2, 0.25) is 11.8 Å². The molecule has 0 unspecified atom stereocenters. The lowest BCUT2D eigenvalue weighted by Crippen LogP contribution is -2.01. The Morgan fingerprint density at radius 1 is 1.42 bits per heavy atom. The van der Waals surface area contributed by atoms with Gasteiger partial charge in [-0.15, -0.1) is 0 Å². The Balaban J connectivity index is 2.13. The van der Waals surface area contributed by atoms with E-state index in [-0.39, 0.29) is 0 Å². The molecule has 0 atom stereocenters. The van der Waals surface area contributed by atoms with Crippen LogP contribution in [-0.4, -0.2) is 31.6 Å². The molecule has 19 heavy (non-hydrogen) atoms. The van der Waals surface area contributed by atoms with Gasteiger partial charge in [0, 0.05) is 0 Å². The minimum Gasteiger partial charge on any atom is -0.479 e. The molecule has 0 aromatic carbocycles. The van der Waals surface area contributed by atoms with Crippen molar-refractivity contribution in [1.82, 2.24) is 24.5 Å². The highest BCUT2D eigenvalue weighted by atomic mass is 32.1. The smallest absolute Gasteiger partial charge is 0.242 e. The molecule has 0 spiro atoms. The number of aromatic nitrogens is 5. The standard InChI is InChI=1S/C11H11N5O2S/c1-6-3-12-7(18-6)4-16-9-8(15-11(16)19)10(17-2)14-5-13-9/h3,5H,4H2,1-2H3,(H,15,19). The lowest BCUT2D eigenvalue weighted by atomic mass is 10.5. The van der Waals surface area contributed by atoms with Gasteiger partial charge >= 0.3 is 0 Å². The van der Waals surface area contributed by atoms with Crippen LogP contribution in [0.4, 0.5) is 0 Å². The highest BCUT2D eigenvalue weighted by Crippen LogP contribution is 2.20. The maximum atomic E-state index is 5.45. The van der Waals surface area contributed by atoms with Gasteiger partial charge in [-0.3, -0.25) is 4.57 Å². The zero-order valence-corrected chi connectivity index (χ0v) is 11.2. The summed E-state index contributed by atoms with van der Waals surface area (Å²) in [5.74, 6) is 1.79. The van der Waals surface area contributed by atoms with E-state index in [0.717, 1.165) is 5.76 Å². The Labute approximate surface area is 113 Å². The normalized spacial score (nSPS) is 11.1. The third-order valence-electron chi connectivity index (χ3n) is 2.68. The van der Waals surface area contributed by atoms with Crippen LogP contribution in [0, 0.1) is 11.7 Å². The second-order valence-corrected chi connectivity index (χ2v) is 4.35. The van der Waals surface area contributed by atoms with E-state index in [2.05, 4.69) is 19.9 Å². The number of methoxy groups -OCH3 is 1. The zero-order chi connectivity index (χ0) is 13.4. The lowest BCUT2D eigenvalue weighted by Gasteiger charge is -2.01. The molecule has 0 aliphatic rings. The average molecular weight is 277 g/mol. The first-order valence-corrected chi connectivity index (χ1v) is 5.98. The van der Waals surface area contributed by atoms with Crippen molar-refractivity contribution in [2.75, 3.05) is 7.11 Å². The third kappa shape index (κ3) is 1.99. The largest absolute Gasteiger partial charge is 0.479 e. The fraction of sp³-hybridized carbons (Fsp3) is 0.273. The SMILES string of the molecule is COc1ncnc2c1[nH]c(=S)n2Cc1ncc(C)o1. The number of imidazole rings is 1. The van der Waals surface area contributed by atoms with Gasteiger partial charge in [0.05, 0.1) is 13.3 Å². The minimum atomic E-state index is 0.410. The molecule has 0 aliphatic carbocycles. The summed E-state index contributed by atoms with van der Waals surface area (Å²) < 4.78 is 12.9. The van der Waals surface area contributed by atoms with Crippen LogP contribution in [0.3, 0.4) is 0 Å². The number of hydrogen-bond acceptors (Lipinski definition) is 6. The van der Waals surface area contributed by atoms with Gasteiger partial charge in [0.15, 0.2) is 10.4 Å². The molecule has 98 valence electrons. The Morgan fingerprint density at radius 2 is 2.26 bits per heavy atom. The Bertz CT molecular complexity index is 788. The summed E-state index contributed by atoms with van der Waals surface area (Å²) in [4.78, 5) is 15.4. The topological polar surface area (TPSA) is 81.8 Å². The van der Waals surface area contributed by atoms with Crippen LogP contribution in [0.2, 0.25) is 0 Å². The van der Waals surface area contributed by atoms with Crippen LogP contribution in [0.5, 0.6) is 5.88 Å². The van der Waals surface area contributed by atoms with E-state index in [1.54, 1.807) is 17.9 Å². The second kappa shape index (κ2) is 4.47. The predicted octanol–water partition coefficient (Wildman–Crippen LogP) is 1.84. The first-order valence-electron chi connectivity index (χ1n) is 5.58. The van der Waals surface area contributed by atoms with E-state index in [1.165, 1.54) is 6.33 Å². The first kappa shape index (κ1) is 11.8. The highest BCUT2D eigenvalue weighted by Gasteiger charge is 2.13. The van der Waals surface area contributed by atoms with Gasteiger partial charge < -0.3 is 14.1 Å². The molecule has 3 aromatic rings. The van der Waals surface area contributed by atoms with Crippen molar-refractivity contribution in [2.45, 2.75) is 13.5 Å². The van der Waals surface area contributed by atoms with Crippen LogP contribution < -0.4 is 4.74 Å². The molecule has 3 rings (SSSR count). The third-order valence-corrected chi connectivity index (χ3v) is 3.00. The number of oxazole rings is 1. The van der Waals surface area contributed by atoms with Crippen molar-refractivity contribution >= 4 is 23.4 Å². The summed E-state index contributed by atoms with van der Waals surface area (Å²) >= 11 is 5.28. The van der Waals surface area contributed by atoms with E-state index in [1.807, 2.05) is 6.92 Å². The molecule has 1 N–H and O–H groups in total. The molecule has 0 fully saturated rings.